The van der Waals surface area contributed by atoms with Gasteiger partial charge in [-0.05, 0) is 24.3 Å². The first-order valence-electron chi connectivity index (χ1n) is 7.50. The van der Waals surface area contributed by atoms with Crippen LogP contribution in [0.15, 0.2) is 29.2 Å². The second-order valence-electron chi connectivity index (χ2n) is 6.77. The summed E-state index contributed by atoms with van der Waals surface area (Å²) in [5, 5.41) is 14.2. The third-order valence-electron chi connectivity index (χ3n) is 4.96. The first kappa shape index (κ1) is 16.7. The van der Waals surface area contributed by atoms with Crippen LogP contribution < -0.4 is 5.14 Å². The van der Waals surface area contributed by atoms with Crippen molar-refractivity contribution in [1.29, 1.82) is 0 Å². The minimum absolute atomic E-state index is 0.0404. The minimum atomic E-state index is -3.79. The van der Waals surface area contributed by atoms with Gasteiger partial charge in [-0.1, -0.05) is 6.92 Å². The van der Waals surface area contributed by atoms with Crippen molar-refractivity contribution in [3.63, 3.8) is 0 Å². The summed E-state index contributed by atoms with van der Waals surface area (Å²) in [5.41, 5.74) is 0.148. The molecule has 2 amide bonds. The lowest BCUT2D eigenvalue weighted by Crippen LogP contribution is -2.37. The summed E-state index contributed by atoms with van der Waals surface area (Å²) < 4.78 is 22.5. The van der Waals surface area contributed by atoms with Gasteiger partial charge in [0.1, 0.15) is 0 Å². The predicted molar refractivity (Wildman–Crippen MR) is 84.9 cm³/mol. The van der Waals surface area contributed by atoms with Crippen molar-refractivity contribution in [3.8, 4) is 0 Å². The molecule has 2 fully saturated rings. The van der Waals surface area contributed by atoms with Crippen molar-refractivity contribution in [1.82, 2.24) is 9.80 Å². The van der Waals surface area contributed by atoms with Crippen LogP contribution in [0.4, 0.5) is 4.79 Å². The van der Waals surface area contributed by atoms with E-state index in [9.17, 15) is 18.0 Å². The van der Waals surface area contributed by atoms with E-state index in [1.165, 1.54) is 29.2 Å². The van der Waals surface area contributed by atoms with E-state index in [2.05, 4.69) is 0 Å². The standard InChI is InChI=1S/C15H19N3O5S/c1-15-8-17(6-11(15)7-18(9-15)14(20)21)13(19)10-2-4-12(5-3-10)24(16,22)23/h2-5,11H,6-9H2,1H3,(H,20,21)(H2,16,22,23)/t11-,15-/m0/s1. The number of carbonyl (C=O) groups excluding carboxylic acids is 1. The van der Waals surface area contributed by atoms with Gasteiger partial charge in [0.25, 0.3) is 5.91 Å². The molecule has 3 N–H and O–H groups in total. The van der Waals surface area contributed by atoms with E-state index < -0.39 is 16.1 Å². The van der Waals surface area contributed by atoms with E-state index in [1.807, 2.05) is 6.92 Å². The number of carboxylic acid groups (broad SMARTS) is 1. The molecule has 9 heteroatoms. The van der Waals surface area contributed by atoms with Gasteiger partial charge in [-0.2, -0.15) is 0 Å². The van der Waals surface area contributed by atoms with Crippen LogP contribution >= 0.6 is 0 Å². The zero-order valence-electron chi connectivity index (χ0n) is 13.2. The molecule has 0 saturated carbocycles. The summed E-state index contributed by atoms with van der Waals surface area (Å²) in [5.74, 6) is -0.0743. The molecule has 8 nitrogen and oxygen atoms in total. The Morgan fingerprint density at radius 1 is 1.17 bits per heavy atom. The van der Waals surface area contributed by atoms with Crippen LogP contribution in [0.5, 0.6) is 0 Å². The summed E-state index contributed by atoms with van der Waals surface area (Å²) in [4.78, 5) is 26.8. The molecule has 2 atom stereocenters. The third-order valence-corrected chi connectivity index (χ3v) is 5.89. The predicted octanol–water partition coefficient (Wildman–Crippen LogP) is 0.406. The van der Waals surface area contributed by atoms with E-state index in [4.69, 9.17) is 10.2 Å². The Hall–Kier alpha value is -2.13. The SMILES string of the molecule is C[C@]12CN(C(=O)O)C[C@@H]1CN(C(=O)c1ccc(S(N)(=O)=O)cc1)C2. The van der Waals surface area contributed by atoms with Crippen LogP contribution in [0.3, 0.4) is 0 Å². The van der Waals surface area contributed by atoms with E-state index in [-0.39, 0.29) is 22.1 Å². The number of hydrogen-bond donors (Lipinski definition) is 2. The Morgan fingerprint density at radius 2 is 1.71 bits per heavy atom. The fourth-order valence-corrected chi connectivity index (χ4v) is 4.13. The van der Waals surface area contributed by atoms with Crippen LogP contribution in [-0.2, 0) is 10.0 Å². The van der Waals surface area contributed by atoms with Crippen molar-refractivity contribution >= 4 is 22.0 Å². The second kappa shape index (κ2) is 5.45. The topological polar surface area (TPSA) is 121 Å². The van der Waals surface area contributed by atoms with Gasteiger partial charge in [0.05, 0.1) is 4.90 Å². The molecule has 0 aromatic heterocycles. The van der Waals surface area contributed by atoms with E-state index in [0.717, 1.165) is 0 Å². The Balaban J connectivity index is 1.73. The van der Waals surface area contributed by atoms with Gasteiger partial charge in [0.15, 0.2) is 0 Å². The maximum Gasteiger partial charge on any atom is 0.407 e. The van der Waals surface area contributed by atoms with Crippen LogP contribution in [0.1, 0.15) is 17.3 Å². The number of primary sulfonamides is 1. The molecule has 130 valence electrons. The second-order valence-corrected chi connectivity index (χ2v) is 8.33. The zero-order valence-corrected chi connectivity index (χ0v) is 14.0. The highest BCUT2D eigenvalue weighted by atomic mass is 32.2. The van der Waals surface area contributed by atoms with E-state index >= 15 is 0 Å². The van der Waals surface area contributed by atoms with Crippen LogP contribution in [-0.4, -0.2) is 61.5 Å². The molecule has 0 radical (unpaired) electrons. The fraction of sp³-hybridized carbons (Fsp3) is 0.467. The van der Waals surface area contributed by atoms with Crippen LogP contribution in [0, 0.1) is 11.3 Å². The average molecular weight is 353 g/mol. The summed E-state index contributed by atoms with van der Waals surface area (Å²) in [6.07, 6.45) is -0.929. The number of carbonyl (C=O) groups is 2. The number of benzene rings is 1. The lowest BCUT2D eigenvalue weighted by atomic mass is 9.83. The number of likely N-dealkylation sites (tertiary alicyclic amines) is 2. The maximum atomic E-state index is 12.6. The highest BCUT2D eigenvalue weighted by molar-refractivity contribution is 7.89. The zero-order chi connectivity index (χ0) is 17.7. The first-order valence-corrected chi connectivity index (χ1v) is 9.05. The molecule has 0 unspecified atom stereocenters. The summed E-state index contributed by atoms with van der Waals surface area (Å²) in [6, 6.07) is 5.52. The Kier molecular flexibility index (Phi) is 3.80. The molecule has 2 aliphatic heterocycles. The number of nitrogens with zero attached hydrogens (tertiary/aromatic N) is 2. The maximum absolute atomic E-state index is 12.6. The minimum Gasteiger partial charge on any atom is -0.465 e. The van der Waals surface area contributed by atoms with Crippen LogP contribution in [0.2, 0.25) is 0 Å². The van der Waals surface area contributed by atoms with Gasteiger partial charge in [0.2, 0.25) is 10.0 Å². The molecule has 1 aromatic carbocycles. The third kappa shape index (κ3) is 2.84. The Morgan fingerprint density at radius 3 is 2.21 bits per heavy atom. The van der Waals surface area contributed by atoms with Gasteiger partial charge in [-0.15, -0.1) is 0 Å². The van der Waals surface area contributed by atoms with Crippen molar-refractivity contribution in [3.05, 3.63) is 29.8 Å². The van der Waals surface area contributed by atoms with Crippen molar-refractivity contribution in [2.24, 2.45) is 16.5 Å². The normalized spacial score (nSPS) is 26.5. The molecule has 1 aromatic rings. The quantitative estimate of drug-likeness (QED) is 0.797. The molecule has 3 rings (SSSR count). The van der Waals surface area contributed by atoms with E-state index in [1.54, 1.807) is 4.90 Å². The lowest BCUT2D eigenvalue weighted by Gasteiger charge is -2.24. The molecule has 2 heterocycles. The number of hydrogen-bond acceptors (Lipinski definition) is 4. The van der Waals surface area contributed by atoms with Crippen molar-refractivity contribution in [2.75, 3.05) is 26.2 Å². The van der Waals surface area contributed by atoms with Crippen molar-refractivity contribution in [2.45, 2.75) is 11.8 Å². The molecule has 0 spiro atoms. The number of sulfonamides is 1. The number of nitrogens with two attached hydrogens (primary N) is 1. The number of amides is 2. The molecule has 0 aliphatic carbocycles. The molecular formula is C15H19N3O5S. The van der Waals surface area contributed by atoms with Crippen LogP contribution in [0.25, 0.3) is 0 Å². The fourth-order valence-electron chi connectivity index (χ4n) is 3.61. The van der Waals surface area contributed by atoms with Gasteiger partial charge < -0.3 is 14.9 Å². The molecule has 2 saturated heterocycles. The van der Waals surface area contributed by atoms with Gasteiger partial charge in [0, 0.05) is 43.1 Å². The van der Waals surface area contributed by atoms with E-state index in [0.29, 0.717) is 31.7 Å². The highest BCUT2D eigenvalue weighted by Crippen LogP contribution is 2.42. The smallest absolute Gasteiger partial charge is 0.407 e. The molecule has 24 heavy (non-hydrogen) atoms. The molecular weight excluding hydrogens is 334 g/mol. The van der Waals surface area contributed by atoms with Gasteiger partial charge in [-0.3, -0.25) is 4.79 Å². The number of rotatable bonds is 2. The summed E-state index contributed by atoms with van der Waals surface area (Å²) in [7, 11) is -3.79. The van der Waals surface area contributed by atoms with Gasteiger partial charge in [-0.25, -0.2) is 18.4 Å². The Bertz CT molecular complexity index is 792. The first-order chi connectivity index (χ1) is 11.1. The summed E-state index contributed by atoms with van der Waals surface area (Å²) in [6.45, 7) is 3.83. The lowest BCUT2D eigenvalue weighted by molar-refractivity contribution is 0.0762. The molecule has 2 aliphatic rings. The average Bonchev–Trinajstić information content (AvgIpc) is 2.97. The van der Waals surface area contributed by atoms with Gasteiger partial charge >= 0.3 is 6.09 Å². The van der Waals surface area contributed by atoms with Crippen molar-refractivity contribution < 1.29 is 23.1 Å². The highest BCUT2D eigenvalue weighted by Gasteiger charge is 2.51. The monoisotopic (exact) mass is 353 g/mol. The summed E-state index contributed by atoms with van der Waals surface area (Å²) >= 11 is 0. The molecule has 0 bridgehead atoms. The number of fused-ring (bicyclic) bond motifs is 1. The Labute approximate surface area is 139 Å². The largest absolute Gasteiger partial charge is 0.465 e.